The van der Waals surface area contributed by atoms with Crippen LogP contribution in [0.5, 0.6) is 0 Å². The zero-order chi connectivity index (χ0) is 17.6. The molecule has 3 aromatic rings. The normalized spacial score (nSPS) is 11.9. The molecule has 4 nitrogen and oxygen atoms in total. The van der Waals surface area contributed by atoms with Crippen molar-refractivity contribution in [1.82, 2.24) is 15.3 Å². The van der Waals surface area contributed by atoms with Gasteiger partial charge in [0, 0.05) is 16.6 Å². The molecule has 1 N–H and O–H groups in total. The van der Waals surface area contributed by atoms with Crippen molar-refractivity contribution in [2.75, 3.05) is 0 Å². The first-order valence-corrected chi connectivity index (χ1v) is 9.32. The minimum Gasteiger partial charge on any atom is -0.349 e. The highest BCUT2D eigenvalue weighted by Crippen LogP contribution is 2.23. The predicted octanol–water partition coefficient (Wildman–Crippen LogP) is 4.67. The summed E-state index contributed by atoms with van der Waals surface area (Å²) in [6.45, 7) is 2.04. The Morgan fingerprint density at radius 1 is 1.28 bits per heavy atom. The van der Waals surface area contributed by atoms with E-state index < -0.39 is 0 Å². The molecule has 2 aromatic heterocycles. The van der Waals surface area contributed by atoms with Crippen molar-refractivity contribution in [1.29, 1.82) is 0 Å². The van der Waals surface area contributed by atoms with Gasteiger partial charge in [0.25, 0.3) is 0 Å². The van der Waals surface area contributed by atoms with Gasteiger partial charge in [0.05, 0.1) is 23.9 Å². The highest BCUT2D eigenvalue weighted by molar-refractivity contribution is 7.13. The maximum absolute atomic E-state index is 12.4. The van der Waals surface area contributed by atoms with Crippen molar-refractivity contribution >= 4 is 28.8 Å². The van der Waals surface area contributed by atoms with E-state index in [1.807, 2.05) is 54.8 Å². The lowest BCUT2D eigenvalue weighted by atomic mass is 10.0. The first-order chi connectivity index (χ1) is 12.2. The van der Waals surface area contributed by atoms with E-state index in [0.717, 1.165) is 28.4 Å². The summed E-state index contributed by atoms with van der Waals surface area (Å²) < 4.78 is 0. The number of benzene rings is 1. The molecule has 1 atom stereocenters. The number of nitrogens with zero attached hydrogens (tertiary/aromatic N) is 2. The zero-order valence-corrected chi connectivity index (χ0v) is 15.3. The van der Waals surface area contributed by atoms with Gasteiger partial charge in [-0.3, -0.25) is 9.78 Å². The molecule has 1 aromatic carbocycles. The van der Waals surface area contributed by atoms with Crippen molar-refractivity contribution in [2.45, 2.75) is 25.8 Å². The number of hydrogen-bond acceptors (Lipinski definition) is 4. The number of pyridine rings is 1. The van der Waals surface area contributed by atoms with E-state index in [1.54, 1.807) is 6.20 Å². The standard InChI is InChI=1S/C19H18ClN3OS/c1-2-16(13-6-5-7-14(20)10-13)23-18(24)11-15-12-25-19(22-15)17-8-3-4-9-21-17/h3-10,12,16H,2,11H2,1H3,(H,23,24). The fraction of sp³-hybridized carbons (Fsp3) is 0.211. The van der Waals surface area contributed by atoms with Gasteiger partial charge in [-0.1, -0.05) is 36.7 Å². The van der Waals surface area contributed by atoms with Crippen LogP contribution in [0.4, 0.5) is 0 Å². The number of nitrogens with one attached hydrogen (secondary N) is 1. The molecule has 0 saturated carbocycles. The predicted molar refractivity (Wildman–Crippen MR) is 102 cm³/mol. The van der Waals surface area contributed by atoms with Crippen LogP contribution in [0.3, 0.4) is 0 Å². The van der Waals surface area contributed by atoms with E-state index in [2.05, 4.69) is 15.3 Å². The molecule has 0 aliphatic heterocycles. The lowest BCUT2D eigenvalue weighted by Gasteiger charge is -2.17. The third-order valence-electron chi connectivity index (χ3n) is 3.77. The van der Waals surface area contributed by atoms with Crippen LogP contribution in [0, 0.1) is 0 Å². The summed E-state index contributed by atoms with van der Waals surface area (Å²) in [6, 6.07) is 13.2. The molecular weight excluding hydrogens is 354 g/mol. The number of carbonyl (C=O) groups excluding carboxylic acids is 1. The van der Waals surface area contributed by atoms with Gasteiger partial charge in [0.1, 0.15) is 5.01 Å². The van der Waals surface area contributed by atoms with Crippen LogP contribution in [0.1, 0.15) is 30.6 Å². The second-order valence-electron chi connectivity index (χ2n) is 5.62. The average Bonchev–Trinajstić information content (AvgIpc) is 3.09. The first-order valence-electron chi connectivity index (χ1n) is 8.06. The largest absolute Gasteiger partial charge is 0.349 e. The lowest BCUT2D eigenvalue weighted by molar-refractivity contribution is -0.121. The number of rotatable bonds is 6. The number of thiazole rings is 1. The monoisotopic (exact) mass is 371 g/mol. The van der Waals surface area contributed by atoms with Gasteiger partial charge < -0.3 is 5.32 Å². The minimum atomic E-state index is -0.0555. The molecule has 0 aliphatic carbocycles. The SMILES string of the molecule is CCC(NC(=O)Cc1csc(-c2ccccn2)n1)c1cccc(Cl)c1. The third kappa shape index (κ3) is 4.65. The Kier molecular flexibility index (Phi) is 5.79. The van der Waals surface area contributed by atoms with Crippen LogP contribution < -0.4 is 5.32 Å². The van der Waals surface area contributed by atoms with E-state index in [-0.39, 0.29) is 18.4 Å². The number of aromatic nitrogens is 2. The second kappa shape index (κ2) is 8.23. The van der Waals surface area contributed by atoms with Crippen LogP contribution in [-0.4, -0.2) is 15.9 Å². The molecule has 0 bridgehead atoms. The van der Waals surface area contributed by atoms with Gasteiger partial charge >= 0.3 is 0 Å². The zero-order valence-electron chi connectivity index (χ0n) is 13.8. The summed E-state index contributed by atoms with van der Waals surface area (Å²) in [5.41, 5.74) is 2.59. The Bertz CT molecular complexity index is 851. The fourth-order valence-corrected chi connectivity index (χ4v) is 3.54. The molecule has 2 heterocycles. The molecule has 0 aliphatic rings. The molecule has 1 amide bonds. The van der Waals surface area contributed by atoms with Gasteiger partial charge in [-0.25, -0.2) is 4.98 Å². The molecule has 0 saturated heterocycles. The van der Waals surface area contributed by atoms with Gasteiger partial charge in [0.2, 0.25) is 5.91 Å². The van der Waals surface area contributed by atoms with E-state index in [1.165, 1.54) is 11.3 Å². The van der Waals surface area contributed by atoms with Crippen LogP contribution in [0.25, 0.3) is 10.7 Å². The van der Waals surface area contributed by atoms with Crippen molar-refractivity contribution in [3.63, 3.8) is 0 Å². The maximum Gasteiger partial charge on any atom is 0.226 e. The maximum atomic E-state index is 12.4. The second-order valence-corrected chi connectivity index (χ2v) is 6.91. The van der Waals surface area contributed by atoms with E-state index >= 15 is 0 Å². The number of hydrogen-bond donors (Lipinski definition) is 1. The van der Waals surface area contributed by atoms with Crippen LogP contribution in [-0.2, 0) is 11.2 Å². The highest BCUT2D eigenvalue weighted by atomic mass is 35.5. The van der Waals surface area contributed by atoms with Crippen molar-refractivity contribution in [3.05, 3.63) is 70.3 Å². The van der Waals surface area contributed by atoms with Crippen LogP contribution in [0.15, 0.2) is 54.0 Å². The molecule has 6 heteroatoms. The Balaban J connectivity index is 1.65. The van der Waals surface area contributed by atoms with Crippen molar-refractivity contribution in [3.8, 4) is 10.7 Å². The molecule has 25 heavy (non-hydrogen) atoms. The number of amides is 1. The Morgan fingerprint density at radius 2 is 2.16 bits per heavy atom. The Hall–Kier alpha value is -2.24. The minimum absolute atomic E-state index is 0.0512. The molecule has 0 radical (unpaired) electrons. The summed E-state index contributed by atoms with van der Waals surface area (Å²) in [5.74, 6) is -0.0512. The number of halogens is 1. The van der Waals surface area contributed by atoms with E-state index in [4.69, 9.17) is 11.6 Å². The lowest BCUT2D eigenvalue weighted by Crippen LogP contribution is -2.29. The molecule has 1 unspecified atom stereocenters. The third-order valence-corrected chi connectivity index (χ3v) is 4.92. The summed E-state index contributed by atoms with van der Waals surface area (Å²) in [5, 5.41) is 6.46. The first kappa shape index (κ1) is 17.6. The quantitative estimate of drug-likeness (QED) is 0.685. The van der Waals surface area contributed by atoms with Crippen LogP contribution in [0.2, 0.25) is 5.02 Å². The summed E-state index contributed by atoms with van der Waals surface area (Å²) >= 11 is 7.54. The fourth-order valence-electron chi connectivity index (χ4n) is 2.55. The summed E-state index contributed by atoms with van der Waals surface area (Å²) in [7, 11) is 0. The van der Waals surface area contributed by atoms with E-state index in [0.29, 0.717) is 5.02 Å². The average molecular weight is 372 g/mol. The molecule has 0 fully saturated rings. The summed E-state index contributed by atoms with van der Waals surface area (Å²) in [6.07, 6.45) is 2.78. The summed E-state index contributed by atoms with van der Waals surface area (Å²) in [4.78, 5) is 21.2. The van der Waals surface area contributed by atoms with Crippen LogP contribution >= 0.6 is 22.9 Å². The highest BCUT2D eigenvalue weighted by Gasteiger charge is 2.15. The van der Waals surface area contributed by atoms with Gasteiger partial charge in [-0.15, -0.1) is 11.3 Å². The molecule has 0 spiro atoms. The van der Waals surface area contributed by atoms with E-state index in [9.17, 15) is 4.79 Å². The van der Waals surface area contributed by atoms with Gasteiger partial charge in [0.15, 0.2) is 0 Å². The topological polar surface area (TPSA) is 54.9 Å². The number of carbonyl (C=O) groups is 1. The van der Waals surface area contributed by atoms with Gasteiger partial charge in [-0.05, 0) is 36.2 Å². The van der Waals surface area contributed by atoms with Crippen molar-refractivity contribution < 1.29 is 4.79 Å². The Labute approximate surface area is 155 Å². The Morgan fingerprint density at radius 3 is 2.88 bits per heavy atom. The molecular formula is C19H18ClN3OS. The molecule has 3 rings (SSSR count). The van der Waals surface area contributed by atoms with Gasteiger partial charge in [-0.2, -0.15) is 0 Å². The molecule has 128 valence electrons. The van der Waals surface area contributed by atoms with Crippen molar-refractivity contribution in [2.24, 2.45) is 0 Å². The smallest absolute Gasteiger partial charge is 0.226 e.